The molecule has 0 amide bonds. The molecule has 0 radical (unpaired) electrons. The summed E-state index contributed by atoms with van der Waals surface area (Å²) in [6.07, 6.45) is 5.44. The van der Waals surface area contributed by atoms with E-state index < -0.39 is 23.1 Å². The molecule has 5 nitrogen and oxygen atoms in total. The summed E-state index contributed by atoms with van der Waals surface area (Å²) in [5, 5.41) is 21.6. The van der Waals surface area contributed by atoms with Crippen molar-refractivity contribution in [2.75, 3.05) is 0 Å². The fourth-order valence-electron chi connectivity index (χ4n) is 4.98. The van der Waals surface area contributed by atoms with E-state index in [4.69, 9.17) is 4.74 Å². The van der Waals surface area contributed by atoms with Gasteiger partial charge in [0, 0.05) is 22.6 Å². The predicted molar refractivity (Wildman–Crippen MR) is 104 cm³/mol. The average Bonchev–Trinajstić information content (AvgIpc) is 3.04. The normalized spacial score (nSPS) is 37.5. The summed E-state index contributed by atoms with van der Waals surface area (Å²) in [5.74, 6) is -1.09. The smallest absolute Gasteiger partial charge is 0.334 e. The van der Waals surface area contributed by atoms with Gasteiger partial charge in [0.25, 0.3) is 0 Å². The van der Waals surface area contributed by atoms with Gasteiger partial charge in [-0.05, 0) is 37.8 Å². The van der Waals surface area contributed by atoms with Crippen molar-refractivity contribution < 1.29 is 24.5 Å². The molecule has 4 rings (SSSR count). The van der Waals surface area contributed by atoms with E-state index in [1.165, 1.54) is 0 Å². The number of benzene rings is 1. The Hall–Kier alpha value is -2.66. The lowest BCUT2D eigenvalue weighted by Crippen LogP contribution is -2.56. The van der Waals surface area contributed by atoms with Gasteiger partial charge in [-0.2, -0.15) is 0 Å². The van der Waals surface area contributed by atoms with Crippen LogP contribution in [0.15, 0.2) is 54.1 Å². The summed E-state index contributed by atoms with van der Waals surface area (Å²) in [6, 6.07) is 6.82. The molecule has 5 unspecified atom stereocenters. The maximum absolute atomic E-state index is 13.5. The van der Waals surface area contributed by atoms with Gasteiger partial charge >= 0.3 is 5.97 Å². The van der Waals surface area contributed by atoms with Crippen LogP contribution in [-0.4, -0.2) is 33.7 Å². The first-order chi connectivity index (χ1) is 13.2. The first-order valence-electron chi connectivity index (χ1n) is 9.56. The lowest BCUT2D eigenvalue weighted by atomic mass is 9.64. The second kappa shape index (κ2) is 6.17. The van der Waals surface area contributed by atoms with Crippen LogP contribution in [0.25, 0.3) is 6.08 Å². The highest BCUT2D eigenvalue weighted by molar-refractivity contribution is 6.08. The first kappa shape index (κ1) is 18.7. The van der Waals surface area contributed by atoms with Crippen LogP contribution in [0.5, 0.6) is 5.75 Å². The Morgan fingerprint density at radius 3 is 2.64 bits per heavy atom. The number of Topliss-reactive ketones (excluding diaryl/α,β-unsaturated/α-hetero) is 1. The average molecular weight is 380 g/mol. The Bertz CT molecular complexity index is 942. The molecular formula is C23H24O5. The second-order valence-corrected chi connectivity index (χ2v) is 8.28. The molecule has 1 saturated carbocycles. The molecule has 0 bridgehead atoms. The van der Waals surface area contributed by atoms with Gasteiger partial charge in [-0.1, -0.05) is 43.9 Å². The van der Waals surface area contributed by atoms with E-state index in [2.05, 4.69) is 6.58 Å². The van der Waals surface area contributed by atoms with Crippen molar-refractivity contribution >= 4 is 17.8 Å². The quantitative estimate of drug-likeness (QED) is 0.608. The molecule has 2 fully saturated rings. The minimum absolute atomic E-state index is 0.110. The first-order valence-corrected chi connectivity index (χ1v) is 9.56. The molecule has 2 N–H and O–H groups in total. The largest absolute Gasteiger partial charge is 0.507 e. The molecule has 1 aromatic carbocycles. The van der Waals surface area contributed by atoms with Gasteiger partial charge in [0.1, 0.15) is 22.9 Å². The van der Waals surface area contributed by atoms with Crippen molar-refractivity contribution in [3.63, 3.8) is 0 Å². The third-order valence-corrected chi connectivity index (χ3v) is 6.86. The summed E-state index contributed by atoms with van der Waals surface area (Å²) in [7, 11) is 0. The van der Waals surface area contributed by atoms with Crippen LogP contribution in [0.2, 0.25) is 0 Å². The van der Waals surface area contributed by atoms with E-state index in [-0.39, 0.29) is 23.4 Å². The number of phenolic OH excluding ortho intramolecular Hbond substituents is 1. The molecule has 5 atom stereocenters. The Morgan fingerprint density at radius 2 is 1.93 bits per heavy atom. The molecule has 3 aliphatic rings. The molecule has 1 aromatic rings. The summed E-state index contributed by atoms with van der Waals surface area (Å²) in [6.45, 7) is 7.47. The standard InChI is InChI=1S/C23H24O5/c1-13-8-11-17-14(2)21(26)28-20(17)22(3)19(25)16(12-23(13,22)27)10-9-15-6-4-5-7-18(15)24/h4-7,9-10,12-13,17,20,24,27H,2,8,11H2,1,3H3/b10-9+. The number of rotatable bonds is 2. The number of aromatic hydroxyl groups is 1. The third kappa shape index (κ3) is 2.35. The number of ketones is 1. The van der Waals surface area contributed by atoms with Crippen molar-refractivity contribution in [3.8, 4) is 5.75 Å². The molecule has 28 heavy (non-hydrogen) atoms. The topological polar surface area (TPSA) is 83.8 Å². The number of esters is 1. The Balaban J connectivity index is 1.77. The van der Waals surface area contributed by atoms with Gasteiger partial charge in [-0.3, -0.25) is 4.79 Å². The van der Waals surface area contributed by atoms with E-state index >= 15 is 0 Å². The van der Waals surface area contributed by atoms with Crippen molar-refractivity contribution in [1.82, 2.24) is 0 Å². The van der Waals surface area contributed by atoms with Crippen LogP contribution < -0.4 is 0 Å². The fourth-order valence-corrected chi connectivity index (χ4v) is 4.98. The fraction of sp³-hybridized carbons (Fsp3) is 0.391. The maximum Gasteiger partial charge on any atom is 0.334 e. The highest BCUT2D eigenvalue weighted by atomic mass is 16.6. The summed E-state index contributed by atoms with van der Waals surface area (Å²) >= 11 is 0. The minimum atomic E-state index is -1.42. The number of aliphatic hydroxyl groups is 1. The van der Waals surface area contributed by atoms with Gasteiger partial charge in [0.2, 0.25) is 0 Å². The number of para-hydroxylation sites is 1. The lowest BCUT2D eigenvalue weighted by molar-refractivity contribution is -0.166. The highest BCUT2D eigenvalue weighted by Crippen LogP contribution is 2.58. The predicted octanol–water partition coefficient (Wildman–Crippen LogP) is 3.18. The van der Waals surface area contributed by atoms with Gasteiger partial charge in [-0.25, -0.2) is 4.79 Å². The van der Waals surface area contributed by atoms with E-state index in [0.717, 1.165) is 0 Å². The molecule has 2 aliphatic carbocycles. The zero-order valence-corrected chi connectivity index (χ0v) is 16.0. The monoisotopic (exact) mass is 380 g/mol. The molecule has 0 spiro atoms. The molecule has 0 aromatic heterocycles. The zero-order chi connectivity index (χ0) is 20.3. The van der Waals surface area contributed by atoms with Crippen LogP contribution >= 0.6 is 0 Å². The molecule has 1 aliphatic heterocycles. The van der Waals surface area contributed by atoms with Crippen LogP contribution in [0.4, 0.5) is 0 Å². The molecule has 5 heteroatoms. The van der Waals surface area contributed by atoms with E-state index in [0.29, 0.717) is 29.6 Å². The molecular weight excluding hydrogens is 356 g/mol. The van der Waals surface area contributed by atoms with Gasteiger partial charge in [0.05, 0.1) is 0 Å². The Morgan fingerprint density at radius 1 is 1.21 bits per heavy atom. The summed E-state index contributed by atoms with van der Waals surface area (Å²) in [5.41, 5.74) is -1.39. The third-order valence-electron chi connectivity index (χ3n) is 6.86. The number of fused-ring (bicyclic) bond motifs is 3. The number of carbonyl (C=O) groups excluding carboxylic acids is 2. The zero-order valence-electron chi connectivity index (χ0n) is 16.0. The SMILES string of the molecule is C=C1C(=O)OC2C1CCC(C)C1(O)C=C(/C=C/c3ccccc3O)C(=O)C21C. The summed E-state index contributed by atoms with van der Waals surface area (Å²) < 4.78 is 5.57. The number of hydrogen-bond donors (Lipinski definition) is 2. The van der Waals surface area contributed by atoms with E-state index in [9.17, 15) is 19.8 Å². The molecule has 1 saturated heterocycles. The number of ether oxygens (including phenoxy) is 1. The van der Waals surface area contributed by atoms with Crippen LogP contribution in [0, 0.1) is 17.3 Å². The highest BCUT2D eigenvalue weighted by Gasteiger charge is 2.68. The number of hydrogen-bond acceptors (Lipinski definition) is 5. The number of carbonyl (C=O) groups is 2. The number of allylic oxidation sites excluding steroid dienone is 2. The summed E-state index contributed by atoms with van der Waals surface area (Å²) in [4.78, 5) is 25.6. The van der Waals surface area contributed by atoms with Crippen molar-refractivity contribution in [2.24, 2.45) is 17.3 Å². The maximum atomic E-state index is 13.5. The van der Waals surface area contributed by atoms with E-state index in [1.54, 1.807) is 49.4 Å². The van der Waals surface area contributed by atoms with Crippen LogP contribution in [0.3, 0.4) is 0 Å². The van der Waals surface area contributed by atoms with E-state index in [1.807, 2.05) is 6.92 Å². The molecule has 1 heterocycles. The lowest BCUT2D eigenvalue weighted by Gasteiger charge is -2.43. The second-order valence-electron chi connectivity index (χ2n) is 8.28. The van der Waals surface area contributed by atoms with Crippen molar-refractivity contribution in [2.45, 2.75) is 38.4 Å². The van der Waals surface area contributed by atoms with Gasteiger partial charge in [0.15, 0.2) is 5.78 Å². The van der Waals surface area contributed by atoms with Crippen molar-refractivity contribution in [3.05, 3.63) is 59.7 Å². The minimum Gasteiger partial charge on any atom is -0.507 e. The van der Waals surface area contributed by atoms with Crippen LogP contribution in [-0.2, 0) is 14.3 Å². The number of phenols is 1. The Labute approximate surface area is 164 Å². The molecule has 146 valence electrons. The Kier molecular flexibility index (Phi) is 4.12. The van der Waals surface area contributed by atoms with Crippen LogP contribution in [0.1, 0.15) is 32.3 Å². The van der Waals surface area contributed by atoms with Gasteiger partial charge < -0.3 is 14.9 Å². The van der Waals surface area contributed by atoms with Gasteiger partial charge in [-0.15, -0.1) is 0 Å². The van der Waals surface area contributed by atoms with Crippen molar-refractivity contribution in [1.29, 1.82) is 0 Å².